The third-order valence-electron chi connectivity index (χ3n) is 3.01. The molecule has 96 valence electrons. The molecule has 1 aliphatic rings. The molecule has 0 spiro atoms. The maximum absolute atomic E-state index is 11.8. The summed E-state index contributed by atoms with van der Waals surface area (Å²) >= 11 is 0. The molecule has 7 heteroatoms. The number of fused-ring (bicyclic) bond motifs is 1. The van der Waals surface area contributed by atoms with Crippen molar-refractivity contribution in [3.8, 4) is 0 Å². The van der Waals surface area contributed by atoms with E-state index in [9.17, 15) is 9.59 Å². The molecule has 1 aromatic heterocycles. The average Bonchev–Trinajstić information content (AvgIpc) is 2.38. The number of carbonyl (C=O) groups excluding carboxylic acids is 2. The van der Waals surface area contributed by atoms with Gasteiger partial charge in [0.1, 0.15) is 6.33 Å². The maximum Gasteiger partial charge on any atom is 0.328 e. The van der Waals surface area contributed by atoms with Crippen molar-refractivity contribution in [3.05, 3.63) is 24.7 Å². The van der Waals surface area contributed by atoms with Crippen LogP contribution in [0.1, 0.15) is 6.42 Å². The van der Waals surface area contributed by atoms with E-state index >= 15 is 0 Å². The molecule has 3 rings (SSSR count). The van der Waals surface area contributed by atoms with Gasteiger partial charge in [0.25, 0.3) is 0 Å². The average molecular weight is 257 g/mol. The lowest BCUT2D eigenvalue weighted by Gasteiger charge is -2.26. The third-order valence-corrected chi connectivity index (χ3v) is 3.01. The van der Waals surface area contributed by atoms with Crippen LogP contribution in [0.3, 0.4) is 0 Å². The molecule has 0 radical (unpaired) electrons. The number of carbonyl (C=O) groups is 2. The highest BCUT2D eigenvalue weighted by atomic mass is 16.2. The van der Waals surface area contributed by atoms with E-state index in [4.69, 9.17) is 5.73 Å². The number of urea groups is 1. The van der Waals surface area contributed by atoms with Crippen molar-refractivity contribution in [2.24, 2.45) is 0 Å². The second-order valence-electron chi connectivity index (χ2n) is 4.25. The number of aromatic nitrogens is 2. The first kappa shape index (κ1) is 11.4. The molecule has 1 aliphatic heterocycles. The Bertz CT molecular complexity index is 685. The van der Waals surface area contributed by atoms with Crippen LogP contribution in [-0.4, -0.2) is 28.5 Å². The predicted molar refractivity (Wildman–Crippen MR) is 69.5 cm³/mol. The number of benzene rings is 1. The van der Waals surface area contributed by atoms with Gasteiger partial charge in [0.05, 0.1) is 5.52 Å². The summed E-state index contributed by atoms with van der Waals surface area (Å²) in [6, 6.07) is 2.99. The van der Waals surface area contributed by atoms with Crippen LogP contribution in [0.2, 0.25) is 0 Å². The fourth-order valence-corrected chi connectivity index (χ4v) is 2.06. The third kappa shape index (κ3) is 1.95. The standard InChI is InChI=1S/C12H11N5O2/c13-9-3-7(4-10-8(9)5-14-6-15-10)17-2-1-11(18)16-12(17)19/h3-6H,1-2,13H2,(H,16,18,19). The van der Waals surface area contributed by atoms with Gasteiger partial charge in [-0.15, -0.1) is 0 Å². The number of hydrogen-bond acceptors (Lipinski definition) is 5. The molecule has 0 unspecified atom stereocenters. The van der Waals surface area contributed by atoms with Crippen molar-refractivity contribution in [2.45, 2.75) is 6.42 Å². The van der Waals surface area contributed by atoms with Crippen LogP contribution in [0.5, 0.6) is 0 Å². The topological polar surface area (TPSA) is 101 Å². The van der Waals surface area contributed by atoms with E-state index in [-0.39, 0.29) is 12.3 Å². The van der Waals surface area contributed by atoms with Gasteiger partial charge in [0, 0.05) is 35.9 Å². The number of nitrogens with zero attached hydrogens (tertiary/aromatic N) is 3. The van der Waals surface area contributed by atoms with Crippen LogP contribution in [0.15, 0.2) is 24.7 Å². The number of anilines is 2. The lowest BCUT2D eigenvalue weighted by atomic mass is 10.1. The van der Waals surface area contributed by atoms with E-state index < -0.39 is 6.03 Å². The lowest BCUT2D eigenvalue weighted by molar-refractivity contribution is -0.120. The highest BCUT2D eigenvalue weighted by Crippen LogP contribution is 2.27. The Morgan fingerprint density at radius 2 is 2.16 bits per heavy atom. The largest absolute Gasteiger partial charge is 0.398 e. The number of rotatable bonds is 1. The molecule has 1 saturated heterocycles. The number of nitrogens with one attached hydrogen (secondary N) is 1. The molecule has 2 aromatic rings. The van der Waals surface area contributed by atoms with Crippen LogP contribution < -0.4 is 16.0 Å². The Labute approximate surface area is 108 Å². The van der Waals surface area contributed by atoms with E-state index in [1.165, 1.54) is 11.2 Å². The number of imide groups is 1. The van der Waals surface area contributed by atoms with Crippen molar-refractivity contribution < 1.29 is 9.59 Å². The summed E-state index contributed by atoms with van der Waals surface area (Å²) in [4.78, 5) is 32.4. The monoisotopic (exact) mass is 257 g/mol. The summed E-state index contributed by atoms with van der Waals surface area (Å²) in [6.07, 6.45) is 3.32. The molecular formula is C12H11N5O2. The quantitative estimate of drug-likeness (QED) is 0.731. The molecule has 2 heterocycles. The zero-order valence-corrected chi connectivity index (χ0v) is 9.96. The fraction of sp³-hybridized carbons (Fsp3) is 0.167. The Hall–Kier alpha value is -2.70. The van der Waals surface area contributed by atoms with Gasteiger partial charge in [0.2, 0.25) is 5.91 Å². The summed E-state index contributed by atoms with van der Waals surface area (Å²) in [6.45, 7) is 0.334. The van der Waals surface area contributed by atoms with Crippen molar-refractivity contribution in [1.29, 1.82) is 0 Å². The van der Waals surface area contributed by atoms with Crippen LogP contribution in [0.4, 0.5) is 16.2 Å². The van der Waals surface area contributed by atoms with E-state index in [1.54, 1.807) is 18.3 Å². The Morgan fingerprint density at radius 3 is 2.95 bits per heavy atom. The summed E-state index contributed by atoms with van der Waals surface area (Å²) < 4.78 is 0. The first-order valence-electron chi connectivity index (χ1n) is 5.76. The molecule has 0 atom stereocenters. The smallest absolute Gasteiger partial charge is 0.328 e. The maximum atomic E-state index is 11.8. The van der Waals surface area contributed by atoms with E-state index in [1.807, 2.05) is 0 Å². The Balaban J connectivity index is 2.06. The molecule has 0 aliphatic carbocycles. The molecule has 0 bridgehead atoms. The van der Waals surface area contributed by atoms with Crippen LogP contribution in [-0.2, 0) is 4.79 Å². The van der Waals surface area contributed by atoms with Crippen molar-refractivity contribution >= 4 is 34.2 Å². The summed E-state index contributed by atoms with van der Waals surface area (Å²) in [7, 11) is 0. The van der Waals surface area contributed by atoms with Crippen LogP contribution in [0.25, 0.3) is 10.9 Å². The van der Waals surface area contributed by atoms with E-state index in [0.717, 1.165) is 5.39 Å². The zero-order valence-electron chi connectivity index (χ0n) is 9.96. The summed E-state index contributed by atoms with van der Waals surface area (Å²) in [5.74, 6) is -0.266. The van der Waals surface area contributed by atoms with Crippen LogP contribution in [0, 0.1) is 0 Å². The minimum atomic E-state index is -0.441. The van der Waals surface area contributed by atoms with Gasteiger partial charge in [-0.3, -0.25) is 15.0 Å². The van der Waals surface area contributed by atoms with Gasteiger partial charge in [-0.1, -0.05) is 0 Å². The minimum Gasteiger partial charge on any atom is -0.398 e. The second-order valence-corrected chi connectivity index (χ2v) is 4.25. The SMILES string of the molecule is Nc1cc(N2CCC(=O)NC2=O)cc2ncncc12. The number of nitrogen functional groups attached to an aromatic ring is 1. The number of amides is 3. The zero-order chi connectivity index (χ0) is 13.4. The van der Waals surface area contributed by atoms with Gasteiger partial charge in [-0.05, 0) is 12.1 Å². The fourth-order valence-electron chi connectivity index (χ4n) is 2.06. The van der Waals surface area contributed by atoms with Gasteiger partial charge in [0.15, 0.2) is 0 Å². The Kier molecular flexibility index (Phi) is 2.52. The van der Waals surface area contributed by atoms with Gasteiger partial charge >= 0.3 is 6.03 Å². The molecular weight excluding hydrogens is 246 g/mol. The summed E-state index contributed by atoms with van der Waals surface area (Å²) in [5, 5.41) is 3.01. The first-order chi connectivity index (χ1) is 9.15. The van der Waals surface area contributed by atoms with Crippen molar-refractivity contribution in [2.75, 3.05) is 17.2 Å². The number of nitrogens with two attached hydrogens (primary N) is 1. The molecule has 1 aromatic carbocycles. The minimum absolute atomic E-state index is 0.266. The highest BCUT2D eigenvalue weighted by molar-refractivity contribution is 6.07. The normalized spacial score (nSPS) is 15.7. The molecule has 3 amide bonds. The van der Waals surface area contributed by atoms with E-state index in [2.05, 4.69) is 15.3 Å². The molecule has 1 fully saturated rings. The predicted octanol–water partition coefficient (Wildman–Crippen LogP) is 0.658. The van der Waals surface area contributed by atoms with Gasteiger partial charge in [-0.2, -0.15) is 0 Å². The van der Waals surface area contributed by atoms with Crippen molar-refractivity contribution in [3.63, 3.8) is 0 Å². The van der Waals surface area contributed by atoms with Gasteiger partial charge < -0.3 is 5.73 Å². The van der Waals surface area contributed by atoms with Gasteiger partial charge in [-0.25, -0.2) is 14.8 Å². The Morgan fingerprint density at radius 1 is 1.32 bits per heavy atom. The van der Waals surface area contributed by atoms with Crippen molar-refractivity contribution in [1.82, 2.24) is 15.3 Å². The number of hydrogen-bond donors (Lipinski definition) is 2. The highest BCUT2D eigenvalue weighted by Gasteiger charge is 2.24. The molecule has 0 saturated carbocycles. The van der Waals surface area contributed by atoms with E-state index in [0.29, 0.717) is 23.4 Å². The molecule has 3 N–H and O–H groups in total. The lowest BCUT2D eigenvalue weighted by Crippen LogP contribution is -2.49. The van der Waals surface area contributed by atoms with Crippen LogP contribution >= 0.6 is 0 Å². The molecule has 19 heavy (non-hydrogen) atoms. The summed E-state index contributed by atoms with van der Waals surface area (Å²) in [5.41, 5.74) is 7.71. The first-order valence-corrected chi connectivity index (χ1v) is 5.76. The molecule has 7 nitrogen and oxygen atoms in total. The second kappa shape index (κ2) is 4.20.